The van der Waals surface area contributed by atoms with Crippen molar-refractivity contribution in [3.63, 3.8) is 0 Å². The van der Waals surface area contributed by atoms with Crippen LogP contribution in [0.4, 0.5) is 0 Å². The molecule has 3 heteroatoms. The van der Waals surface area contributed by atoms with E-state index in [2.05, 4.69) is 4.98 Å². The molecule has 0 bridgehead atoms. The van der Waals surface area contributed by atoms with Crippen molar-refractivity contribution in [3.05, 3.63) is 29.6 Å². The van der Waals surface area contributed by atoms with E-state index in [1.807, 2.05) is 19.1 Å². The van der Waals surface area contributed by atoms with Crippen molar-refractivity contribution in [1.82, 2.24) is 4.98 Å². The number of nitrogens with one attached hydrogen (secondary N) is 1. The van der Waals surface area contributed by atoms with E-state index in [0.717, 1.165) is 5.56 Å². The number of hydrogen-bond acceptors (Lipinski definition) is 1. The molecule has 0 aromatic carbocycles. The molecule has 1 aromatic rings. The number of carboxylic acid groups (broad SMARTS) is 1. The first kappa shape index (κ1) is 7.60. The number of allylic oxidation sites excluding steroid dienone is 1. The van der Waals surface area contributed by atoms with Gasteiger partial charge in [-0.3, -0.25) is 0 Å². The first-order chi connectivity index (χ1) is 5.24. The van der Waals surface area contributed by atoms with E-state index < -0.39 is 5.97 Å². The van der Waals surface area contributed by atoms with Crippen molar-refractivity contribution in [2.24, 2.45) is 0 Å². The van der Waals surface area contributed by atoms with Crippen LogP contribution in [0.2, 0.25) is 0 Å². The molecule has 0 fully saturated rings. The molecule has 0 aliphatic carbocycles. The summed E-state index contributed by atoms with van der Waals surface area (Å²) < 4.78 is 0. The average molecular weight is 151 g/mol. The van der Waals surface area contributed by atoms with Gasteiger partial charge in [0.15, 0.2) is 0 Å². The molecule has 0 aliphatic rings. The molecule has 2 N–H and O–H groups in total. The second kappa shape index (κ2) is 3.05. The molecule has 0 radical (unpaired) electrons. The Morgan fingerprint density at radius 3 is 2.91 bits per heavy atom. The summed E-state index contributed by atoms with van der Waals surface area (Å²) in [6.45, 7) is 1.88. The Kier molecular flexibility index (Phi) is 2.11. The third-order valence-corrected chi connectivity index (χ3v) is 1.29. The van der Waals surface area contributed by atoms with Crippen LogP contribution in [0, 0.1) is 0 Å². The second-order valence-corrected chi connectivity index (χ2v) is 2.15. The highest BCUT2D eigenvalue weighted by Crippen LogP contribution is 2.04. The zero-order valence-corrected chi connectivity index (χ0v) is 6.16. The van der Waals surface area contributed by atoms with Crippen molar-refractivity contribution in [3.8, 4) is 0 Å². The molecule has 58 valence electrons. The molecular weight excluding hydrogens is 142 g/mol. The predicted octanol–water partition coefficient (Wildman–Crippen LogP) is 1.75. The average Bonchev–Trinajstić information content (AvgIpc) is 2.37. The Morgan fingerprint density at radius 1 is 1.73 bits per heavy atom. The van der Waals surface area contributed by atoms with Gasteiger partial charge in [-0.15, -0.1) is 0 Å². The standard InChI is InChI=1S/C8H9NO2/c1-2-3-6-4-7(8(10)11)9-5-6/h2-5,9H,1H3,(H,10,11). The first-order valence-corrected chi connectivity index (χ1v) is 3.28. The quantitative estimate of drug-likeness (QED) is 0.676. The monoisotopic (exact) mass is 151 g/mol. The summed E-state index contributed by atoms with van der Waals surface area (Å²) in [6, 6.07) is 1.59. The smallest absolute Gasteiger partial charge is 0.352 e. The zero-order chi connectivity index (χ0) is 8.27. The number of aromatic carboxylic acids is 1. The molecule has 0 aliphatic heterocycles. The fourth-order valence-corrected chi connectivity index (χ4v) is 0.823. The molecule has 3 nitrogen and oxygen atoms in total. The van der Waals surface area contributed by atoms with Gasteiger partial charge in [0.25, 0.3) is 0 Å². The zero-order valence-electron chi connectivity index (χ0n) is 6.16. The molecule has 0 atom stereocenters. The van der Waals surface area contributed by atoms with E-state index in [1.165, 1.54) is 0 Å². The fraction of sp³-hybridized carbons (Fsp3) is 0.125. The van der Waals surface area contributed by atoms with Gasteiger partial charge in [0.1, 0.15) is 5.69 Å². The lowest BCUT2D eigenvalue weighted by Gasteiger charge is -1.81. The van der Waals surface area contributed by atoms with Crippen molar-refractivity contribution in [1.29, 1.82) is 0 Å². The van der Waals surface area contributed by atoms with E-state index in [0.29, 0.717) is 0 Å². The number of aromatic amines is 1. The van der Waals surface area contributed by atoms with Crippen LogP contribution in [0.3, 0.4) is 0 Å². The summed E-state index contributed by atoms with van der Waals surface area (Å²) in [4.78, 5) is 13.0. The molecule has 0 spiro atoms. The summed E-state index contributed by atoms with van der Waals surface area (Å²) in [5.74, 6) is -0.930. The lowest BCUT2D eigenvalue weighted by Crippen LogP contribution is -1.94. The van der Waals surface area contributed by atoms with Crippen LogP contribution in [0.15, 0.2) is 18.3 Å². The summed E-state index contributed by atoms with van der Waals surface area (Å²) in [7, 11) is 0. The van der Waals surface area contributed by atoms with Crippen molar-refractivity contribution >= 4 is 12.0 Å². The highest BCUT2D eigenvalue weighted by Gasteiger charge is 2.02. The molecule has 0 amide bonds. The number of aromatic nitrogens is 1. The van der Waals surface area contributed by atoms with E-state index in [1.54, 1.807) is 12.3 Å². The van der Waals surface area contributed by atoms with Crippen LogP contribution in [-0.2, 0) is 0 Å². The highest BCUT2D eigenvalue weighted by atomic mass is 16.4. The molecule has 0 unspecified atom stereocenters. The summed E-state index contributed by atoms with van der Waals surface area (Å²) in [5.41, 5.74) is 1.10. The van der Waals surface area contributed by atoms with E-state index in [-0.39, 0.29) is 5.69 Å². The Labute approximate surface area is 64.4 Å². The van der Waals surface area contributed by atoms with Crippen molar-refractivity contribution in [2.45, 2.75) is 6.92 Å². The maximum atomic E-state index is 10.4. The third kappa shape index (κ3) is 1.70. The molecule has 1 rings (SSSR count). The van der Waals surface area contributed by atoms with E-state index >= 15 is 0 Å². The van der Waals surface area contributed by atoms with Crippen LogP contribution in [0.5, 0.6) is 0 Å². The Balaban J connectivity index is 2.90. The highest BCUT2D eigenvalue weighted by molar-refractivity contribution is 5.86. The summed E-state index contributed by atoms with van der Waals surface area (Å²) >= 11 is 0. The Morgan fingerprint density at radius 2 is 2.45 bits per heavy atom. The van der Waals surface area contributed by atoms with Gasteiger partial charge >= 0.3 is 5.97 Å². The lowest BCUT2D eigenvalue weighted by molar-refractivity contribution is 0.0691. The SMILES string of the molecule is CC=Cc1c[nH]c(C(=O)O)c1. The number of carbonyl (C=O) groups is 1. The molecule has 0 saturated carbocycles. The van der Waals surface area contributed by atoms with Crippen molar-refractivity contribution in [2.75, 3.05) is 0 Å². The number of carboxylic acids is 1. The second-order valence-electron chi connectivity index (χ2n) is 2.15. The molecule has 1 aromatic heterocycles. The molecule has 1 heterocycles. The van der Waals surface area contributed by atoms with Crippen LogP contribution in [-0.4, -0.2) is 16.1 Å². The largest absolute Gasteiger partial charge is 0.477 e. The van der Waals surface area contributed by atoms with Gasteiger partial charge < -0.3 is 10.1 Å². The van der Waals surface area contributed by atoms with Gasteiger partial charge in [-0.2, -0.15) is 0 Å². The normalized spacial score (nSPS) is 10.6. The van der Waals surface area contributed by atoms with E-state index in [9.17, 15) is 4.79 Å². The Bertz CT molecular complexity index is 286. The van der Waals surface area contributed by atoms with Gasteiger partial charge in [0, 0.05) is 6.20 Å². The first-order valence-electron chi connectivity index (χ1n) is 3.28. The van der Waals surface area contributed by atoms with Gasteiger partial charge in [-0.1, -0.05) is 12.2 Å². The molecule has 0 saturated heterocycles. The minimum absolute atomic E-state index is 0.220. The van der Waals surface area contributed by atoms with Gasteiger partial charge in [0.2, 0.25) is 0 Å². The maximum Gasteiger partial charge on any atom is 0.352 e. The maximum absolute atomic E-state index is 10.4. The van der Waals surface area contributed by atoms with Crippen LogP contribution in [0.1, 0.15) is 23.0 Å². The van der Waals surface area contributed by atoms with Crippen LogP contribution in [0.25, 0.3) is 6.08 Å². The third-order valence-electron chi connectivity index (χ3n) is 1.29. The minimum atomic E-state index is -0.930. The molecular formula is C8H9NO2. The summed E-state index contributed by atoms with van der Waals surface area (Å²) in [5, 5.41) is 8.51. The minimum Gasteiger partial charge on any atom is -0.477 e. The van der Waals surface area contributed by atoms with Crippen LogP contribution < -0.4 is 0 Å². The van der Waals surface area contributed by atoms with Gasteiger partial charge in [-0.25, -0.2) is 4.79 Å². The fourth-order valence-electron chi connectivity index (χ4n) is 0.823. The Hall–Kier alpha value is -1.51. The predicted molar refractivity (Wildman–Crippen MR) is 42.5 cm³/mol. The summed E-state index contributed by atoms with van der Waals surface area (Å²) in [6.07, 6.45) is 5.35. The van der Waals surface area contributed by atoms with Gasteiger partial charge in [0.05, 0.1) is 0 Å². The van der Waals surface area contributed by atoms with Gasteiger partial charge in [-0.05, 0) is 18.6 Å². The molecule has 11 heavy (non-hydrogen) atoms. The topological polar surface area (TPSA) is 53.1 Å². The van der Waals surface area contributed by atoms with E-state index in [4.69, 9.17) is 5.11 Å². The number of H-pyrrole nitrogens is 1. The number of rotatable bonds is 2. The van der Waals surface area contributed by atoms with Crippen LogP contribution >= 0.6 is 0 Å². The lowest BCUT2D eigenvalue weighted by atomic mass is 10.3. The number of hydrogen-bond donors (Lipinski definition) is 2. The van der Waals surface area contributed by atoms with Crippen molar-refractivity contribution < 1.29 is 9.90 Å².